The van der Waals surface area contributed by atoms with Crippen LogP contribution in [0.25, 0.3) is 0 Å². The third kappa shape index (κ3) is 14.8. The van der Waals surface area contributed by atoms with Gasteiger partial charge in [-0.05, 0) is 20.5 Å². The van der Waals surface area contributed by atoms with Gasteiger partial charge in [-0.3, -0.25) is 4.90 Å². The van der Waals surface area contributed by atoms with E-state index in [0.717, 1.165) is 6.42 Å². The van der Waals surface area contributed by atoms with Gasteiger partial charge >= 0.3 is 14.5 Å². The molecule has 0 saturated carbocycles. The van der Waals surface area contributed by atoms with E-state index in [-0.39, 0.29) is 0 Å². The van der Waals surface area contributed by atoms with Crippen molar-refractivity contribution in [3.05, 3.63) is 0 Å². The Morgan fingerprint density at radius 3 is 1.46 bits per heavy atom. The fourth-order valence-electron chi connectivity index (χ4n) is 3.39. The Morgan fingerprint density at radius 1 is 0.667 bits per heavy atom. The molecule has 1 atom stereocenters. The van der Waals surface area contributed by atoms with E-state index in [2.05, 4.69) is 39.8 Å². The van der Waals surface area contributed by atoms with Crippen LogP contribution in [0.15, 0.2) is 0 Å². The second-order valence-electron chi connectivity index (χ2n) is 7.70. The molecule has 0 radical (unpaired) electrons. The van der Waals surface area contributed by atoms with Crippen LogP contribution in [0.5, 0.6) is 0 Å². The van der Waals surface area contributed by atoms with Crippen molar-refractivity contribution in [1.82, 2.24) is 4.90 Å². The van der Waals surface area contributed by atoms with Crippen molar-refractivity contribution in [3.63, 3.8) is 0 Å². The van der Waals surface area contributed by atoms with Gasteiger partial charge in [0.25, 0.3) is 0 Å². The molecule has 0 fully saturated rings. The second-order valence-corrected chi connectivity index (χ2v) is 10.4. The van der Waals surface area contributed by atoms with Gasteiger partial charge in [0.2, 0.25) is 0 Å². The number of rotatable bonds is 18. The number of hydrogen-bond donors (Lipinski definition) is 0. The summed E-state index contributed by atoms with van der Waals surface area (Å²) in [4.78, 5) is 2.27. The fraction of sp³-hybridized carbons (Fsp3) is 1.00. The van der Waals surface area contributed by atoms with E-state index in [0.29, 0.717) is 6.23 Å². The Bertz CT molecular complexity index is 232. The van der Waals surface area contributed by atoms with Crippen molar-refractivity contribution in [2.24, 2.45) is 0 Å². The van der Waals surface area contributed by atoms with Crippen LogP contribution in [0.2, 0.25) is 10.6 Å². The van der Waals surface area contributed by atoms with Crippen molar-refractivity contribution in [3.8, 4) is 0 Å². The first-order valence-electron chi connectivity index (χ1n) is 11.0. The van der Waals surface area contributed by atoms with Gasteiger partial charge < -0.3 is 3.79 Å². The number of hydrogen-bond acceptors (Lipinski definition) is 2. The van der Waals surface area contributed by atoms with E-state index in [9.17, 15) is 0 Å². The molecule has 0 heterocycles. The van der Waals surface area contributed by atoms with Crippen molar-refractivity contribution in [2.45, 2.75) is 121 Å². The van der Waals surface area contributed by atoms with Gasteiger partial charge in [0.15, 0.2) is 0 Å². The average molecular weight is 356 g/mol. The smallest absolute Gasteiger partial charge is 0.461 e. The molecular formula is C21H46AlNO. The minimum Gasteiger partial charge on any atom is -0.487 e. The minimum absolute atomic E-state index is 0.349. The lowest BCUT2D eigenvalue weighted by molar-refractivity contribution is 0.0577. The largest absolute Gasteiger partial charge is 0.487 e. The van der Waals surface area contributed by atoms with Crippen LogP contribution < -0.4 is 0 Å². The van der Waals surface area contributed by atoms with Gasteiger partial charge in [0.1, 0.15) is 0 Å². The van der Waals surface area contributed by atoms with Crippen LogP contribution >= 0.6 is 0 Å². The molecule has 1 unspecified atom stereocenters. The maximum absolute atomic E-state index is 6.58. The van der Waals surface area contributed by atoms with Crippen LogP contribution in [0.1, 0.15) is 104 Å². The molecule has 0 aliphatic heterocycles. The van der Waals surface area contributed by atoms with Crippen molar-refractivity contribution in [1.29, 1.82) is 0 Å². The molecule has 2 nitrogen and oxygen atoms in total. The van der Waals surface area contributed by atoms with Gasteiger partial charge in [-0.1, -0.05) is 108 Å². The molecule has 144 valence electrons. The molecule has 0 rings (SSSR count). The summed E-state index contributed by atoms with van der Waals surface area (Å²) in [5, 5.41) is 2.79. The van der Waals surface area contributed by atoms with Crippen molar-refractivity contribution >= 4 is 14.5 Å². The maximum atomic E-state index is 6.58. The van der Waals surface area contributed by atoms with Gasteiger partial charge in [-0.2, -0.15) is 0 Å². The lowest BCUT2D eigenvalue weighted by Crippen LogP contribution is -2.35. The van der Waals surface area contributed by atoms with E-state index in [1.165, 1.54) is 87.6 Å². The maximum Gasteiger partial charge on any atom is 0.461 e. The number of unbranched alkanes of at least 4 members (excludes halogenated alkanes) is 10. The first kappa shape index (κ1) is 24.5. The van der Waals surface area contributed by atoms with Gasteiger partial charge in [0.05, 0.1) is 6.23 Å². The van der Waals surface area contributed by atoms with E-state index in [4.69, 9.17) is 3.79 Å². The Kier molecular flexibility index (Phi) is 18.6. The van der Waals surface area contributed by atoms with Gasteiger partial charge in [-0.25, -0.2) is 0 Å². The molecule has 0 aromatic carbocycles. The van der Waals surface area contributed by atoms with Crippen LogP contribution in [0, 0.1) is 0 Å². The van der Waals surface area contributed by atoms with Crippen LogP contribution in [0.4, 0.5) is 0 Å². The van der Waals surface area contributed by atoms with E-state index in [1.54, 1.807) is 0 Å². The molecular weight excluding hydrogens is 309 g/mol. The van der Waals surface area contributed by atoms with E-state index >= 15 is 0 Å². The first-order valence-corrected chi connectivity index (χ1v) is 13.1. The topological polar surface area (TPSA) is 12.5 Å². The zero-order valence-corrected chi connectivity index (χ0v) is 18.8. The molecule has 0 saturated heterocycles. The zero-order valence-electron chi connectivity index (χ0n) is 17.6. The molecule has 0 aromatic heterocycles. The molecule has 3 heteroatoms. The Hall–Kier alpha value is 0.452. The van der Waals surface area contributed by atoms with Crippen molar-refractivity contribution in [2.75, 3.05) is 14.1 Å². The molecule has 24 heavy (non-hydrogen) atoms. The van der Waals surface area contributed by atoms with E-state index < -0.39 is 14.5 Å². The summed E-state index contributed by atoms with van der Waals surface area (Å²) in [6.07, 6.45) is 18.3. The highest BCUT2D eigenvalue weighted by Crippen LogP contribution is 2.18. The molecule has 0 aliphatic rings. The van der Waals surface area contributed by atoms with Crippen LogP contribution in [-0.2, 0) is 3.79 Å². The lowest BCUT2D eigenvalue weighted by Gasteiger charge is -2.28. The summed E-state index contributed by atoms with van der Waals surface area (Å²) in [7, 11) is 4.32. The quantitative estimate of drug-likeness (QED) is 0.149. The lowest BCUT2D eigenvalue weighted by atomic mass is 10.1. The predicted molar refractivity (Wildman–Crippen MR) is 111 cm³/mol. The standard InChI is InChI=1S/2C8H17.C5H12NO.Al/c2*1-3-5-7-8-6-4-2;1-4-5(7)6(2)3;/h2*1,3-8H2,2H3;5H,4H2,1-3H3;/q;;-1;+1. The third-order valence-corrected chi connectivity index (χ3v) is 7.84. The summed E-state index contributed by atoms with van der Waals surface area (Å²) in [6.45, 7) is 6.85. The fourth-order valence-corrected chi connectivity index (χ4v) is 6.32. The average Bonchev–Trinajstić information content (AvgIpc) is 2.57. The third-order valence-electron chi connectivity index (χ3n) is 5.03. The van der Waals surface area contributed by atoms with E-state index in [1.807, 2.05) is 0 Å². The summed E-state index contributed by atoms with van der Waals surface area (Å²) in [5.41, 5.74) is 0. The summed E-state index contributed by atoms with van der Waals surface area (Å²) in [6, 6.07) is 0. The number of nitrogens with zero attached hydrogens (tertiary/aromatic N) is 1. The molecule has 0 amide bonds. The van der Waals surface area contributed by atoms with Gasteiger partial charge in [-0.15, -0.1) is 0 Å². The minimum atomic E-state index is -1.02. The summed E-state index contributed by atoms with van der Waals surface area (Å²) < 4.78 is 6.58. The first-order chi connectivity index (χ1) is 11.7. The zero-order chi connectivity index (χ0) is 18.0. The molecule has 0 aromatic rings. The van der Waals surface area contributed by atoms with Crippen LogP contribution in [0.3, 0.4) is 0 Å². The molecule has 0 bridgehead atoms. The normalized spacial score (nSPS) is 12.8. The second kappa shape index (κ2) is 18.2. The summed E-state index contributed by atoms with van der Waals surface area (Å²) in [5.74, 6) is 0. The Balaban J connectivity index is 4.04. The molecule has 0 spiro atoms. The summed E-state index contributed by atoms with van der Waals surface area (Å²) >= 11 is -1.02. The van der Waals surface area contributed by atoms with Crippen LogP contribution in [-0.4, -0.2) is 39.7 Å². The molecule has 0 N–H and O–H groups in total. The Labute approximate surface area is 158 Å². The highest BCUT2D eigenvalue weighted by molar-refractivity contribution is 6.51. The van der Waals surface area contributed by atoms with Gasteiger partial charge in [0, 0.05) is 0 Å². The highest BCUT2D eigenvalue weighted by atomic mass is 27.2. The molecule has 0 aliphatic carbocycles. The SMILES string of the molecule is CCCCCCC[CH2][Al]([CH2]CCCCCCC)[O]C(CC)N(C)C. The predicted octanol–water partition coefficient (Wildman–Crippen LogP) is 7.01. The van der Waals surface area contributed by atoms with Crippen molar-refractivity contribution < 1.29 is 3.79 Å². The highest BCUT2D eigenvalue weighted by Gasteiger charge is 2.24. The Morgan fingerprint density at radius 2 is 1.08 bits per heavy atom. The monoisotopic (exact) mass is 355 g/mol.